The number of piperidine rings is 1. The number of rotatable bonds is 5. The van der Waals surface area contributed by atoms with E-state index in [1.165, 1.54) is 5.56 Å². The van der Waals surface area contributed by atoms with E-state index < -0.39 is 11.9 Å². The van der Waals surface area contributed by atoms with Gasteiger partial charge in [-0.05, 0) is 68.9 Å². The van der Waals surface area contributed by atoms with Crippen molar-refractivity contribution < 1.29 is 13.2 Å². The summed E-state index contributed by atoms with van der Waals surface area (Å²) >= 11 is 11.5. The summed E-state index contributed by atoms with van der Waals surface area (Å²) in [5.41, 5.74) is 0.106. The lowest BCUT2D eigenvalue weighted by molar-refractivity contribution is -0.141. The summed E-state index contributed by atoms with van der Waals surface area (Å²) in [4.78, 5) is 10.0. The van der Waals surface area contributed by atoms with Crippen molar-refractivity contribution in [1.29, 1.82) is 0 Å². The van der Waals surface area contributed by atoms with Crippen LogP contribution in [-0.2, 0) is 11.6 Å². The Bertz CT molecular complexity index is 1010. The molecule has 0 amide bonds. The maximum atomic E-state index is 13.6. The van der Waals surface area contributed by atoms with Crippen molar-refractivity contribution in [2.75, 3.05) is 23.3 Å². The van der Waals surface area contributed by atoms with Crippen molar-refractivity contribution in [1.82, 2.24) is 15.3 Å². The third kappa shape index (κ3) is 5.74. The SMILES string of the molecule is C[C@@H]1CCCCN1c1cc(C(F)(F)F)nc(NC(=S)NCC2(c3ccc(Cl)cc3)CCCC2)n1. The number of benzene rings is 1. The predicted octanol–water partition coefficient (Wildman–Crippen LogP) is 6.33. The molecule has 10 heteroatoms. The maximum absolute atomic E-state index is 13.6. The van der Waals surface area contributed by atoms with Crippen molar-refractivity contribution >= 4 is 40.7 Å². The van der Waals surface area contributed by atoms with Crippen LogP contribution in [0.15, 0.2) is 30.3 Å². The fourth-order valence-corrected chi connectivity index (χ4v) is 5.33. The van der Waals surface area contributed by atoms with E-state index in [-0.39, 0.29) is 28.3 Å². The Morgan fingerprint density at radius 3 is 2.50 bits per heavy atom. The topological polar surface area (TPSA) is 53.1 Å². The van der Waals surface area contributed by atoms with E-state index in [0.717, 1.165) is 51.0 Å². The van der Waals surface area contributed by atoms with Crippen molar-refractivity contribution in [3.8, 4) is 0 Å². The second-order valence-electron chi connectivity index (χ2n) is 9.27. The molecule has 2 heterocycles. The standard InChI is InChI=1S/C24H29ClF3N5S/c1-16-6-2-5-13-33(16)20-14-19(24(26,27)28)30-21(31-20)32-22(34)29-15-23(11-3-4-12-23)17-7-9-18(25)10-8-17/h7-10,14,16H,2-6,11-13,15H2,1H3,(H2,29,30,31,32,34)/t16-/m1/s1. The first kappa shape index (κ1) is 25.0. The van der Waals surface area contributed by atoms with Gasteiger partial charge in [-0.1, -0.05) is 36.6 Å². The number of nitrogens with zero attached hydrogens (tertiary/aromatic N) is 3. The maximum Gasteiger partial charge on any atom is 0.433 e. The highest BCUT2D eigenvalue weighted by Gasteiger charge is 2.37. The summed E-state index contributed by atoms with van der Waals surface area (Å²) in [6, 6.07) is 8.98. The van der Waals surface area contributed by atoms with Gasteiger partial charge in [0.15, 0.2) is 10.8 Å². The van der Waals surface area contributed by atoms with E-state index in [0.29, 0.717) is 18.1 Å². The number of aromatic nitrogens is 2. The lowest BCUT2D eigenvalue weighted by Gasteiger charge is -2.34. The summed E-state index contributed by atoms with van der Waals surface area (Å²) in [6.07, 6.45) is 2.54. The highest BCUT2D eigenvalue weighted by atomic mass is 35.5. The third-order valence-electron chi connectivity index (χ3n) is 6.93. The average molecular weight is 512 g/mol. The minimum atomic E-state index is -4.58. The van der Waals surface area contributed by atoms with Crippen molar-refractivity contribution in [3.05, 3.63) is 46.6 Å². The van der Waals surface area contributed by atoms with Crippen LogP contribution in [0.4, 0.5) is 24.9 Å². The van der Waals surface area contributed by atoms with Gasteiger partial charge < -0.3 is 15.5 Å². The monoisotopic (exact) mass is 511 g/mol. The molecule has 0 spiro atoms. The quantitative estimate of drug-likeness (QED) is 0.458. The fraction of sp³-hybridized carbons (Fsp3) is 0.542. The summed E-state index contributed by atoms with van der Waals surface area (Å²) < 4.78 is 40.7. The molecule has 0 unspecified atom stereocenters. The van der Waals surface area contributed by atoms with E-state index in [2.05, 4.69) is 20.6 Å². The molecule has 0 bridgehead atoms. The molecular weight excluding hydrogens is 483 g/mol. The van der Waals surface area contributed by atoms with Crippen molar-refractivity contribution in [2.24, 2.45) is 0 Å². The van der Waals surface area contributed by atoms with Crippen LogP contribution in [0.5, 0.6) is 0 Å². The Morgan fingerprint density at radius 1 is 1.15 bits per heavy atom. The molecule has 1 atom stereocenters. The van der Waals surface area contributed by atoms with Crippen LogP contribution in [0.3, 0.4) is 0 Å². The predicted molar refractivity (Wildman–Crippen MR) is 134 cm³/mol. The Balaban J connectivity index is 1.50. The molecule has 184 valence electrons. The van der Waals surface area contributed by atoms with E-state index >= 15 is 0 Å². The van der Waals surface area contributed by atoms with Crippen LogP contribution in [0.1, 0.15) is 63.1 Å². The molecule has 1 aromatic heterocycles. The molecule has 2 N–H and O–H groups in total. The van der Waals surface area contributed by atoms with Crippen molar-refractivity contribution in [3.63, 3.8) is 0 Å². The number of halogens is 4. The zero-order valence-corrected chi connectivity index (χ0v) is 20.7. The second-order valence-corrected chi connectivity index (χ2v) is 10.1. The zero-order chi connectivity index (χ0) is 24.3. The van der Waals surface area contributed by atoms with Crippen LogP contribution in [-0.4, -0.2) is 34.2 Å². The van der Waals surface area contributed by atoms with Gasteiger partial charge in [0.2, 0.25) is 5.95 Å². The first-order valence-electron chi connectivity index (χ1n) is 11.7. The minimum absolute atomic E-state index is 0.0978. The smallest absolute Gasteiger partial charge is 0.361 e. The first-order valence-corrected chi connectivity index (χ1v) is 12.5. The van der Waals surface area contributed by atoms with Gasteiger partial charge in [0, 0.05) is 35.6 Å². The summed E-state index contributed by atoms with van der Waals surface area (Å²) in [7, 11) is 0. The number of nitrogens with one attached hydrogen (secondary N) is 2. The fourth-order valence-electron chi connectivity index (χ4n) is 5.04. The number of hydrogen-bond donors (Lipinski definition) is 2. The zero-order valence-electron chi connectivity index (χ0n) is 19.1. The molecule has 0 radical (unpaired) electrons. The summed E-state index contributed by atoms with van der Waals surface area (Å²) in [6.45, 7) is 3.24. The van der Waals surface area contributed by atoms with Crippen LogP contribution >= 0.6 is 23.8 Å². The number of thiocarbonyl (C=S) groups is 1. The van der Waals surface area contributed by atoms with Crippen LogP contribution < -0.4 is 15.5 Å². The van der Waals surface area contributed by atoms with Crippen LogP contribution in [0.25, 0.3) is 0 Å². The number of alkyl halides is 3. The molecule has 1 aliphatic heterocycles. The van der Waals surface area contributed by atoms with Crippen LogP contribution in [0.2, 0.25) is 5.02 Å². The number of hydrogen-bond acceptors (Lipinski definition) is 4. The van der Waals surface area contributed by atoms with Gasteiger partial charge in [0.1, 0.15) is 5.82 Å². The summed E-state index contributed by atoms with van der Waals surface area (Å²) in [5.74, 6) is 0.125. The minimum Gasteiger partial charge on any atom is -0.361 e. The Hall–Kier alpha value is -2.13. The van der Waals surface area contributed by atoms with Gasteiger partial charge in [-0.2, -0.15) is 18.2 Å². The number of anilines is 2. The molecule has 1 aromatic carbocycles. The molecule has 1 aliphatic carbocycles. The van der Waals surface area contributed by atoms with E-state index in [4.69, 9.17) is 23.8 Å². The van der Waals surface area contributed by atoms with Crippen LogP contribution in [0, 0.1) is 0 Å². The molecule has 1 saturated heterocycles. The third-order valence-corrected chi connectivity index (χ3v) is 7.43. The highest BCUT2D eigenvalue weighted by Crippen LogP contribution is 2.41. The van der Waals surface area contributed by atoms with Gasteiger partial charge in [0.05, 0.1) is 0 Å². The Kier molecular flexibility index (Phi) is 7.52. The van der Waals surface area contributed by atoms with Gasteiger partial charge >= 0.3 is 6.18 Å². The average Bonchev–Trinajstić information content (AvgIpc) is 3.28. The molecule has 5 nitrogen and oxygen atoms in total. The normalized spacial score (nSPS) is 20.3. The second kappa shape index (κ2) is 10.2. The lowest BCUT2D eigenvalue weighted by atomic mass is 9.79. The lowest BCUT2D eigenvalue weighted by Crippen LogP contribution is -2.41. The molecule has 4 rings (SSSR count). The molecule has 2 fully saturated rings. The Morgan fingerprint density at radius 2 is 1.85 bits per heavy atom. The van der Waals surface area contributed by atoms with Crippen molar-refractivity contribution in [2.45, 2.75) is 69.5 Å². The van der Waals surface area contributed by atoms with Gasteiger partial charge in [-0.15, -0.1) is 0 Å². The summed E-state index contributed by atoms with van der Waals surface area (Å²) in [5, 5.41) is 6.89. The molecule has 1 saturated carbocycles. The van der Waals surface area contributed by atoms with Gasteiger partial charge in [-0.3, -0.25) is 0 Å². The van der Waals surface area contributed by atoms with Gasteiger partial charge in [-0.25, -0.2) is 4.98 Å². The molecule has 2 aromatic rings. The molecular formula is C24H29ClF3N5S. The van der Waals surface area contributed by atoms with E-state index in [9.17, 15) is 13.2 Å². The van der Waals surface area contributed by atoms with Gasteiger partial charge in [0.25, 0.3) is 0 Å². The highest BCUT2D eigenvalue weighted by molar-refractivity contribution is 7.80. The van der Waals surface area contributed by atoms with E-state index in [1.54, 1.807) is 0 Å². The first-order chi connectivity index (χ1) is 16.2. The Labute approximate surface area is 208 Å². The van der Waals surface area contributed by atoms with E-state index in [1.807, 2.05) is 36.1 Å². The largest absolute Gasteiger partial charge is 0.433 e. The molecule has 34 heavy (non-hydrogen) atoms. The molecule has 2 aliphatic rings.